The van der Waals surface area contributed by atoms with Crippen molar-refractivity contribution in [3.8, 4) is 0 Å². The van der Waals surface area contributed by atoms with E-state index in [4.69, 9.17) is 9.97 Å². The van der Waals surface area contributed by atoms with Crippen LogP contribution in [0.3, 0.4) is 0 Å². The number of hydrogen-bond donors (Lipinski definition) is 1. The Morgan fingerprint density at radius 3 is 2.52 bits per heavy atom. The molecule has 33 heavy (non-hydrogen) atoms. The van der Waals surface area contributed by atoms with Gasteiger partial charge in [0.05, 0.1) is 6.54 Å². The van der Waals surface area contributed by atoms with Crippen LogP contribution >= 0.6 is 0 Å². The number of hydrogen-bond acceptors (Lipinski definition) is 6. The fourth-order valence-corrected chi connectivity index (χ4v) is 4.83. The molecule has 8 heteroatoms. The second-order valence-electron chi connectivity index (χ2n) is 9.23. The first-order valence-corrected chi connectivity index (χ1v) is 12.0. The number of piperazine rings is 1. The van der Waals surface area contributed by atoms with Crippen molar-refractivity contribution in [3.63, 3.8) is 0 Å². The predicted octanol–water partition coefficient (Wildman–Crippen LogP) is 3.03. The van der Waals surface area contributed by atoms with Gasteiger partial charge in [-0.1, -0.05) is 0 Å². The molecule has 0 saturated carbocycles. The highest BCUT2D eigenvalue weighted by atomic mass is 16.2. The minimum atomic E-state index is 0.0315. The van der Waals surface area contributed by atoms with Crippen LogP contribution in [0.5, 0.6) is 0 Å². The fourth-order valence-electron chi connectivity index (χ4n) is 4.83. The maximum absolute atomic E-state index is 12.6. The Bertz CT molecular complexity index is 1130. The lowest BCUT2D eigenvalue weighted by Crippen LogP contribution is -2.49. The molecule has 2 fully saturated rings. The van der Waals surface area contributed by atoms with E-state index in [1.54, 1.807) is 0 Å². The Morgan fingerprint density at radius 1 is 0.939 bits per heavy atom. The maximum Gasteiger partial charge on any atom is 0.238 e. The molecule has 0 bridgehead atoms. The van der Waals surface area contributed by atoms with Crippen LogP contribution in [-0.2, 0) is 11.8 Å². The number of aromatic nitrogens is 3. The zero-order chi connectivity index (χ0) is 22.8. The molecule has 2 aliphatic rings. The standard InChI is InChI=1S/C25H33N7O/c1-19-16-23(28-25(26-19)32-9-4-3-5-10-32)31-14-12-30(13-15-31)18-24(33)27-21-6-7-22-20(17-21)8-11-29(22)2/h6-8,11,16-17H,3-5,9-10,12-15,18H2,1-2H3,(H,27,33). The highest BCUT2D eigenvalue weighted by Gasteiger charge is 2.22. The quantitative estimate of drug-likeness (QED) is 0.648. The first kappa shape index (κ1) is 21.7. The van der Waals surface area contributed by atoms with E-state index in [0.29, 0.717) is 6.54 Å². The molecule has 5 rings (SSSR count). The summed E-state index contributed by atoms with van der Waals surface area (Å²) in [7, 11) is 2.03. The van der Waals surface area contributed by atoms with Crippen LogP contribution in [0.25, 0.3) is 10.9 Å². The predicted molar refractivity (Wildman–Crippen MR) is 133 cm³/mol. The summed E-state index contributed by atoms with van der Waals surface area (Å²) in [4.78, 5) is 29.1. The topological polar surface area (TPSA) is 69.5 Å². The summed E-state index contributed by atoms with van der Waals surface area (Å²) >= 11 is 0. The van der Waals surface area contributed by atoms with Crippen molar-refractivity contribution in [2.24, 2.45) is 7.05 Å². The third-order valence-corrected chi connectivity index (χ3v) is 6.70. The van der Waals surface area contributed by atoms with Crippen LogP contribution in [-0.4, -0.2) is 71.2 Å². The number of nitrogens with zero attached hydrogens (tertiary/aromatic N) is 6. The summed E-state index contributed by atoms with van der Waals surface area (Å²) < 4.78 is 2.08. The van der Waals surface area contributed by atoms with Crippen molar-refractivity contribution in [1.82, 2.24) is 19.4 Å². The second-order valence-corrected chi connectivity index (χ2v) is 9.23. The van der Waals surface area contributed by atoms with E-state index in [0.717, 1.165) is 73.3 Å². The summed E-state index contributed by atoms with van der Waals surface area (Å²) in [5, 5.41) is 4.19. The molecule has 0 atom stereocenters. The van der Waals surface area contributed by atoms with Gasteiger partial charge < -0.3 is 19.7 Å². The summed E-state index contributed by atoms with van der Waals surface area (Å²) in [5.74, 6) is 1.90. The average molecular weight is 448 g/mol. The SMILES string of the molecule is Cc1cc(N2CCN(CC(=O)Nc3ccc4c(ccn4C)c3)CC2)nc(N2CCCCC2)n1. The van der Waals surface area contributed by atoms with Crippen molar-refractivity contribution in [1.29, 1.82) is 0 Å². The van der Waals surface area contributed by atoms with E-state index in [-0.39, 0.29) is 5.91 Å². The molecule has 3 aromatic rings. The smallest absolute Gasteiger partial charge is 0.238 e. The first-order chi connectivity index (χ1) is 16.0. The lowest BCUT2D eigenvalue weighted by Gasteiger charge is -2.35. The van der Waals surface area contributed by atoms with Crippen LogP contribution in [0.15, 0.2) is 36.5 Å². The highest BCUT2D eigenvalue weighted by Crippen LogP contribution is 2.22. The number of fused-ring (bicyclic) bond motifs is 1. The summed E-state index contributed by atoms with van der Waals surface area (Å²) in [6.45, 7) is 7.94. The van der Waals surface area contributed by atoms with Crippen LogP contribution in [0.1, 0.15) is 25.0 Å². The van der Waals surface area contributed by atoms with Gasteiger partial charge in [0, 0.05) is 80.9 Å². The van der Waals surface area contributed by atoms with Gasteiger partial charge in [-0.15, -0.1) is 0 Å². The number of carbonyl (C=O) groups excluding carboxylic acids is 1. The summed E-state index contributed by atoms with van der Waals surface area (Å²) in [6.07, 6.45) is 5.76. The van der Waals surface area contributed by atoms with Crippen LogP contribution in [0, 0.1) is 6.92 Å². The monoisotopic (exact) mass is 447 g/mol. The number of nitrogens with one attached hydrogen (secondary N) is 1. The molecule has 4 heterocycles. The Balaban J connectivity index is 1.16. The molecule has 2 saturated heterocycles. The van der Waals surface area contributed by atoms with Gasteiger partial charge in [0.25, 0.3) is 0 Å². The van der Waals surface area contributed by atoms with Crippen LogP contribution in [0.2, 0.25) is 0 Å². The lowest BCUT2D eigenvalue weighted by molar-refractivity contribution is -0.117. The van der Waals surface area contributed by atoms with Crippen molar-refractivity contribution in [3.05, 3.63) is 42.2 Å². The fraction of sp³-hybridized carbons (Fsp3) is 0.480. The number of aryl methyl sites for hydroxylation is 2. The molecule has 1 amide bonds. The molecule has 0 unspecified atom stereocenters. The average Bonchev–Trinajstić information content (AvgIpc) is 3.19. The maximum atomic E-state index is 12.6. The van der Waals surface area contributed by atoms with Crippen molar-refractivity contribution >= 4 is 34.3 Å². The van der Waals surface area contributed by atoms with Gasteiger partial charge in [0.2, 0.25) is 11.9 Å². The molecule has 0 aliphatic carbocycles. The molecule has 2 aliphatic heterocycles. The highest BCUT2D eigenvalue weighted by molar-refractivity contribution is 5.95. The Kier molecular flexibility index (Phi) is 6.17. The van der Waals surface area contributed by atoms with Gasteiger partial charge in [-0.2, -0.15) is 4.98 Å². The molecule has 1 N–H and O–H groups in total. The molecule has 0 spiro atoms. The Hall–Kier alpha value is -3.13. The number of carbonyl (C=O) groups is 1. The molecule has 8 nitrogen and oxygen atoms in total. The van der Waals surface area contributed by atoms with E-state index >= 15 is 0 Å². The van der Waals surface area contributed by atoms with Crippen molar-refractivity contribution in [2.75, 3.05) is 60.9 Å². The lowest BCUT2D eigenvalue weighted by atomic mass is 10.1. The van der Waals surface area contributed by atoms with Gasteiger partial charge in [0.15, 0.2) is 0 Å². The molecule has 1 aromatic carbocycles. The van der Waals surface area contributed by atoms with E-state index < -0.39 is 0 Å². The number of rotatable bonds is 5. The van der Waals surface area contributed by atoms with E-state index in [2.05, 4.69) is 36.7 Å². The summed E-state index contributed by atoms with van der Waals surface area (Å²) in [5.41, 5.74) is 3.02. The Morgan fingerprint density at radius 2 is 1.73 bits per heavy atom. The molecule has 174 valence electrons. The molecule has 0 radical (unpaired) electrons. The third kappa shape index (κ3) is 4.95. The molecular formula is C25H33N7O. The largest absolute Gasteiger partial charge is 0.354 e. The minimum Gasteiger partial charge on any atom is -0.354 e. The number of amides is 1. The zero-order valence-corrected chi connectivity index (χ0v) is 19.6. The summed E-state index contributed by atoms with van der Waals surface area (Å²) in [6, 6.07) is 10.2. The van der Waals surface area contributed by atoms with Gasteiger partial charge in [-0.3, -0.25) is 9.69 Å². The van der Waals surface area contributed by atoms with Gasteiger partial charge in [-0.05, 0) is 50.5 Å². The van der Waals surface area contributed by atoms with Gasteiger partial charge in [-0.25, -0.2) is 4.98 Å². The number of benzene rings is 1. The van der Waals surface area contributed by atoms with E-state index in [9.17, 15) is 4.79 Å². The third-order valence-electron chi connectivity index (χ3n) is 6.70. The van der Waals surface area contributed by atoms with Crippen LogP contribution < -0.4 is 15.1 Å². The zero-order valence-electron chi connectivity index (χ0n) is 19.6. The number of anilines is 3. The molecule has 2 aromatic heterocycles. The normalized spacial score (nSPS) is 17.5. The van der Waals surface area contributed by atoms with E-state index in [1.807, 2.05) is 38.4 Å². The Labute approximate surface area is 195 Å². The number of piperidine rings is 1. The van der Waals surface area contributed by atoms with E-state index in [1.165, 1.54) is 19.3 Å². The van der Waals surface area contributed by atoms with Gasteiger partial charge >= 0.3 is 0 Å². The second kappa shape index (κ2) is 9.39. The minimum absolute atomic E-state index is 0.0315. The van der Waals surface area contributed by atoms with Crippen LogP contribution in [0.4, 0.5) is 17.5 Å². The van der Waals surface area contributed by atoms with Crippen molar-refractivity contribution < 1.29 is 4.79 Å². The van der Waals surface area contributed by atoms with Gasteiger partial charge in [0.1, 0.15) is 5.82 Å². The molecular weight excluding hydrogens is 414 g/mol. The van der Waals surface area contributed by atoms with Crippen molar-refractivity contribution in [2.45, 2.75) is 26.2 Å². The first-order valence-electron chi connectivity index (χ1n) is 12.0.